The average molecular weight is 458 g/mol. The Morgan fingerprint density at radius 1 is 1.17 bits per heavy atom. The van der Waals surface area contributed by atoms with Gasteiger partial charge in [0, 0.05) is 47.2 Å². The van der Waals surface area contributed by atoms with Crippen LogP contribution < -0.4 is 11.1 Å². The van der Waals surface area contributed by atoms with E-state index in [1.807, 2.05) is 48.5 Å². The summed E-state index contributed by atoms with van der Waals surface area (Å²) in [6, 6.07) is 15.6. The predicted molar refractivity (Wildman–Crippen MR) is 111 cm³/mol. The summed E-state index contributed by atoms with van der Waals surface area (Å²) in [6.07, 6.45) is 2.56. The molecule has 0 aliphatic rings. The summed E-state index contributed by atoms with van der Waals surface area (Å²) in [6.45, 7) is 1.14. The second kappa shape index (κ2) is 12.0. The first-order valence-corrected chi connectivity index (χ1v) is 9.05. The molecule has 0 amide bonds. The van der Waals surface area contributed by atoms with Crippen molar-refractivity contribution in [1.82, 2.24) is 10.3 Å². The van der Waals surface area contributed by atoms with Gasteiger partial charge in [0.05, 0.1) is 6.54 Å². The molecule has 0 bridgehead atoms. The minimum atomic E-state index is -0.923. The lowest BCUT2D eigenvalue weighted by molar-refractivity contribution is 0.682. The predicted octanol–water partition coefficient (Wildman–Crippen LogP) is 2.10. The zero-order valence-corrected chi connectivity index (χ0v) is 16.6. The number of pyridine rings is 1. The first kappa shape index (κ1) is 20.6. The third-order valence-corrected chi connectivity index (χ3v) is 4.48. The Balaban J connectivity index is 0.00000288. The van der Waals surface area contributed by atoms with Crippen molar-refractivity contribution in [3.8, 4) is 0 Å². The third kappa shape index (κ3) is 8.39. The Kier molecular flexibility index (Phi) is 10.3. The highest BCUT2D eigenvalue weighted by Gasteiger charge is 2.01. The molecule has 0 aliphatic carbocycles. The number of nitrogens with one attached hydrogen (secondary N) is 1. The summed E-state index contributed by atoms with van der Waals surface area (Å²) < 4.78 is 12.0. The molecule has 5 nitrogen and oxygen atoms in total. The number of nitrogens with zero attached hydrogens (tertiary/aromatic N) is 2. The molecular formula is C17H23IN4OS. The smallest absolute Gasteiger partial charge is 0.188 e. The van der Waals surface area contributed by atoms with Crippen LogP contribution in [0.4, 0.5) is 0 Å². The fourth-order valence-corrected chi connectivity index (χ4v) is 3.02. The second-order valence-corrected chi connectivity index (χ2v) is 6.62. The van der Waals surface area contributed by atoms with Crippen LogP contribution in [-0.4, -0.2) is 34.0 Å². The minimum absolute atomic E-state index is 0. The van der Waals surface area contributed by atoms with Crippen molar-refractivity contribution in [2.75, 3.05) is 18.8 Å². The largest absolute Gasteiger partial charge is 0.370 e. The molecule has 24 heavy (non-hydrogen) atoms. The maximum atomic E-state index is 12.0. The Hall–Kier alpha value is -1.48. The van der Waals surface area contributed by atoms with E-state index in [4.69, 9.17) is 5.73 Å². The zero-order chi connectivity index (χ0) is 16.3. The first-order valence-electron chi connectivity index (χ1n) is 7.56. The lowest BCUT2D eigenvalue weighted by atomic mass is 10.2. The van der Waals surface area contributed by atoms with Gasteiger partial charge >= 0.3 is 0 Å². The van der Waals surface area contributed by atoms with E-state index in [1.165, 1.54) is 0 Å². The highest BCUT2D eigenvalue weighted by atomic mass is 127. The summed E-state index contributed by atoms with van der Waals surface area (Å²) in [4.78, 5) is 8.45. The first-order chi connectivity index (χ1) is 11.2. The quantitative estimate of drug-likeness (QED) is 0.361. The Morgan fingerprint density at radius 3 is 2.62 bits per heavy atom. The fraction of sp³-hybridized carbons (Fsp3) is 0.294. The molecule has 3 N–H and O–H groups in total. The van der Waals surface area contributed by atoms with Gasteiger partial charge in [0.25, 0.3) is 0 Å². The van der Waals surface area contributed by atoms with E-state index in [0.717, 1.165) is 17.7 Å². The number of aromatic nitrogens is 1. The number of benzene rings is 1. The molecule has 0 spiro atoms. The minimum Gasteiger partial charge on any atom is -0.370 e. The van der Waals surface area contributed by atoms with Crippen LogP contribution in [0.3, 0.4) is 0 Å². The molecule has 0 saturated heterocycles. The highest BCUT2D eigenvalue weighted by Crippen LogP contribution is 2.02. The van der Waals surface area contributed by atoms with Crippen molar-refractivity contribution in [2.24, 2.45) is 10.7 Å². The summed E-state index contributed by atoms with van der Waals surface area (Å²) in [5, 5.41) is 3.04. The molecule has 2 rings (SSSR count). The number of guanidine groups is 1. The van der Waals surface area contributed by atoms with E-state index in [-0.39, 0.29) is 24.0 Å². The maximum absolute atomic E-state index is 12.0. The van der Waals surface area contributed by atoms with Crippen molar-refractivity contribution >= 4 is 40.7 Å². The molecule has 0 fully saturated rings. The Labute approximate surface area is 162 Å². The fourth-order valence-electron chi connectivity index (χ4n) is 2.02. The monoisotopic (exact) mass is 458 g/mol. The zero-order valence-electron chi connectivity index (χ0n) is 13.4. The summed E-state index contributed by atoms with van der Waals surface area (Å²) >= 11 is 0. The number of rotatable bonds is 8. The topological polar surface area (TPSA) is 80.4 Å². The Morgan fingerprint density at radius 2 is 1.92 bits per heavy atom. The highest BCUT2D eigenvalue weighted by molar-refractivity contribution is 14.0. The molecule has 0 aliphatic heterocycles. The van der Waals surface area contributed by atoms with Gasteiger partial charge < -0.3 is 11.1 Å². The van der Waals surface area contributed by atoms with Gasteiger partial charge in [-0.3, -0.25) is 14.2 Å². The normalized spacial score (nSPS) is 12.2. The SMILES string of the molecule is I.NC(=NCCS(=O)Cc1ccccc1)NCCc1ccccn1. The van der Waals surface area contributed by atoms with Gasteiger partial charge in [-0.15, -0.1) is 24.0 Å². The van der Waals surface area contributed by atoms with Gasteiger partial charge in [0.2, 0.25) is 0 Å². The summed E-state index contributed by atoms with van der Waals surface area (Å²) in [7, 11) is -0.923. The third-order valence-electron chi connectivity index (χ3n) is 3.18. The van der Waals surface area contributed by atoms with Crippen molar-refractivity contribution in [2.45, 2.75) is 12.2 Å². The van der Waals surface area contributed by atoms with Crippen LogP contribution in [0, 0.1) is 0 Å². The number of aliphatic imine (C=N–C) groups is 1. The second-order valence-electron chi connectivity index (χ2n) is 5.04. The van der Waals surface area contributed by atoms with Crippen molar-refractivity contribution in [3.63, 3.8) is 0 Å². The molecule has 1 aromatic carbocycles. The van der Waals surface area contributed by atoms with Gasteiger partial charge in [-0.2, -0.15) is 0 Å². The summed E-state index contributed by atoms with van der Waals surface area (Å²) in [5.41, 5.74) is 7.89. The molecule has 2 aromatic rings. The number of nitrogens with two attached hydrogens (primary N) is 1. The summed E-state index contributed by atoms with van der Waals surface area (Å²) in [5.74, 6) is 1.46. The van der Waals surface area contributed by atoms with Crippen LogP contribution in [0.5, 0.6) is 0 Å². The van der Waals surface area contributed by atoms with E-state index in [2.05, 4.69) is 15.3 Å². The van der Waals surface area contributed by atoms with Gasteiger partial charge in [0.15, 0.2) is 5.96 Å². The van der Waals surface area contributed by atoms with E-state index in [9.17, 15) is 4.21 Å². The number of hydrogen-bond acceptors (Lipinski definition) is 3. The van der Waals surface area contributed by atoms with Crippen molar-refractivity contribution < 1.29 is 4.21 Å². The van der Waals surface area contributed by atoms with Crippen LogP contribution in [0.15, 0.2) is 59.7 Å². The number of hydrogen-bond donors (Lipinski definition) is 2. The van der Waals surface area contributed by atoms with Crippen LogP contribution in [0.1, 0.15) is 11.3 Å². The van der Waals surface area contributed by atoms with E-state index < -0.39 is 10.8 Å². The van der Waals surface area contributed by atoms with Gasteiger partial charge in [-0.25, -0.2) is 0 Å². The molecule has 7 heteroatoms. The lowest BCUT2D eigenvalue weighted by Crippen LogP contribution is -2.33. The lowest BCUT2D eigenvalue weighted by Gasteiger charge is -2.05. The van der Waals surface area contributed by atoms with Crippen LogP contribution in [0.25, 0.3) is 0 Å². The molecule has 1 atom stereocenters. The van der Waals surface area contributed by atoms with E-state index >= 15 is 0 Å². The molecule has 0 saturated carbocycles. The maximum Gasteiger partial charge on any atom is 0.188 e. The van der Waals surface area contributed by atoms with Gasteiger partial charge in [0.1, 0.15) is 0 Å². The number of halogens is 1. The molecule has 130 valence electrons. The van der Waals surface area contributed by atoms with Crippen LogP contribution >= 0.6 is 24.0 Å². The van der Waals surface area contributed by atoms with Crippen LogP contribution in [-0.2, 0) is 23.0 Å². The van der Waals surface area contributed by atoms with Crippen molar-refractivity contribution in [3.05, 3.63) is 66.0 Å². The average Bonchev–Trinajstić information content (AvgIpc) is 2.57. The van der Waals surface area contributed by atoms with Gasteiger partial charge in [-0.05, 0) is 17.7 Å². The standard InChI is InChI=1S/C17H22N4OS.HI/c18-17(20-11-9-16-8-4-5-10-19-16)21-12-13-23(22)14-15-6-2-1-3-7-15;/h1-8,10H,9,11-14H2,(H3,18,20,21);1H. The van der Waals surface area contributed by atoms with E-state index in [1.54, 1.807) is 6.20 Å². The molecule has 0 radical (unpaired) electrons. The van der Waals surface area contributed by atoms with Gasteiger partial charge in [-0.1, -0.05) is 36.4 Å². The van der Waals surface area contributed by atoms with Crippen molar-refractivity contribution in [1.29, 1.82) is 0 Å². The molecule has 1 aromatic heterocycles. The Bertz CT molecular complexity index is 638. The molecular weight excluding hydrogens is 435 g/mol. The van der Waals surface area contributed by atoms with E-state index in [0.29, 0.717) is 30.6 Å². The molecule has 1 unspecified atom stereocenters. The molecule has 1 heterocycles. The van der Waals surface area contributed by atoms with Crippen LogP contribution in [0.2, 0.25) is 0 Å².